The number of nitrogens with one attached hydrogen (secondary N) is 4. The Morgan fingerprint density at radius 3 is 2.50 bits per heavy atom. The van der Waals surface area contributed by atoms with Crippen molar-refractivity contribution in [2.45, 2.75) is 19.9 Å². The zero-order chi connectivity index (χ0) is 10.8. The van der Waals surface area contributed by atoms with Crippen molar-refractivity contribution < 1.29 is 0 Å². The molecule has 0 aromatic heterocycles. The smallest absolute Gasteiger partial charge is 0.178 e. The fourth-order valence-electron chi connectivity index (χ4n) is 0.973. The van der Waals surface area contributed by atoms with E-state index in [1.54, 1.807) is 0 Å². The average Bonchev–Trinajstić information content (AvgIpc) is 2.17. The van der Waals surface area contributed by atoms with Crippen molar-refractivity contribution in [2.75, 3.05) is 26.2 Å². The molecule has 0 spiro atoms. The molecule has 1 rings (SSSR count). The maximum Gasteiger partial charge on any atom is 0.178 e. The Morgan fingerprint density at radius 2 is 2.29 bits per heavy atom. The molecule has 0 amide bonds. The first-order valence-electron chi connectivity index (χ1n) is 4.89. The molecule has 0 radical (unpaired) electrons. The van der Waals surface area contributed by atoms with Gasteiger partial charge in [-0.15, -0.1) is 0 Å². The van der Waals surface area contributed by atoms with Crippen molar-refractivity contribution in [2.24, 2.45) is 5.73 Å². The summed E-state index contributed by atoms with van der Waals surface area (Å²) in [5.41, 5.74) is 10.3. The van der Waals surface area contributed by atoms with Crippen LogP contribution in [-0.2, 0) is 0 Å². The van der Waals surface area contributed by atoms with Gasteiger partial charge in [-0.3, -0.25) is 5.43 Å². The predicted molar refractivity (Wildman–Crippen MR) is 63.9 cm³/mol. The SMILES string of the molecule is CC1CNCCN1.CCNNC(N)=S. The van der Waals surface area contributed by atoms with Crippen LogP contribution in [0.5, 0.6) is 0 Å². The maximum absolute atomic E-state index is 5.04. The molecule has 1 saturated heterocycles. The zero-order valence-electron chi connectivity index (χ0n) is 8.89. The average molecular weight is 219 g/mol. The lowest BCUT2D eigenvalue weighted by molar-refractivity contribution is 0.442. The van der Waals surface area contributed by atoms with Gasteiger partial charge in [0.1, 0.15) is 0 Å². The Hall–Kier alpha value is -0.430. The molecule has 5 nitrogen and oxygen atoms in total. The van der Waals surface area contributed by atoms with E-state index in [0.717, 1.165) is 26.2 Å². The van der Waals surface area contributed by atoms with Crippen LogP contribution in [0.25, 0.3) is 0 Å². The van der Waals surface area contributed by atoms with Crippen molar-refractivity contribution in [1.29, 1.82) is 0 Å². The molecule has 0 saturated carbocycles. The Labute approximate surface area is 91.2 Å². The third-order valence-corrected chi connectivity index (χ3v) is 1.74. The van der Waals surface area contributed by atoms with Gasteiger partial charge in [0.15, 0.2) is 5.11 Å². The molecule has 1 aliphatic heterocycles. The van der Waals surface area contributed by atoms with Crippen molar-refractivity contribution in [3.05, 3.63) is 0 Å². The second kappa shape index (κ2) is 9.14. The van der Waals surface area contributed by atoms with Crippen LogP contribution >= 0.6 is 12.2 Å². The van der Waals surface area contributed by atoms with Crippen LogP contribution in [0.1, 0.15) is 13.8 Å². The molecule has 84 valence electrons. The van der Waals surface area contributed by atoms with Crippen molar-refractivity contribution in [3.63, 3.8) is 0 Å². The molecular weight excluding hydrogens is 198 g/mol. The lowest BCUT2D eigenvalue weighted by Crippen LogP contribution is -2.46. The fraction of sp³-hybridized carbons (Fsp3) is 0.875. The first kappa shape index (κ1) is 13.6. The summed E-state index contributed by atoms with van der Waals surface area (Å²) in [6.45, 7) is 8.33. The van der Waals surface area contributed by atoms with E-state index < -0.39 is 0 Å². The van der Waals surface area contributed by atoms with E-state index in [2.05, 4.69) is 40.6 Å². The molecule has 1 heterocycles. The van der Waals surface area contributed by atoms with Crippen LogP contribution in [0.2, 0.25) is 0 Å². The summed E-state index contributed by atoms with van der Waals surface area (Å²) in [4.78, 5) is 0. The summed E-state index contributed by atoms with van der Waals surface area (Å²) in [6.07, 6.45) is 0. The largest absolute Gasteiger partial charge is 0.375 e. The number of hydrogen-bond acceptors (Lipinski definition) is 4. The van der Waals surface area contributed by atoms with Gasteiger partial charge in [0.2, 0.25) is 0 Å². The number of hydrazine groups is 1. The number of hydrogen-bond donors (Lipinski definition) is 5. The molecular formula is C8H21N5S. The van der Waals surface area contributed by atoms with Gasteiger partial charge in [-0.05, 0) is 19.1 Å². The molecule has 1 unspecified atom stereocenters. The highest BCUT2D eigenvalue weighted by molar-refractivity contribution is 7.80. The summed E-state index contributed by atoms with van der Waals surface area (Å²) in [5.74, 6) is 0. The maximum atomic E-state index is 5.04. The number of piperazine rings is 1. The predicted octanol–water partition coefficient (Wildman–Crippen LogP) is -1.09. The van der Waals surface area contributed by atoms with Crippen LogP contribution in [-0.4, -0.2) is 37.3 Å². The van der Waals surface area contributed by atoms with E-state index in [9.17, 15) is 0 Å². The Morgan fingerprint density at radius 1 is 1.57 bits per heavy atom. The third kappa shape index (κ3) is 9.66. The summed E-state index contributed by atoms with van der Waals surface area (Å²) in [6, 6.07) is 0.675. The highest BCUT2D eigenvalue weighted by Crippen LogP contribution is 1.80. The number of rotatable bonds is 2. The standard InChI is InChI=1S/C5H12N2.C3H9N3S/c1-5-4-6-2-3-7-5;1-2-5-6-3(4)7/h5-7H,2-4H2,1H3;5H,2H2,1H3,(H3,4,6,7). The quantitative estimate of drug-likeness (QED) is 0.300. The van der Waals surface area contributed by atoms with Crippen LogP contribution in [0, 0.1) is 0 Å². The third-order valence-electron chi connectivity index (χ3n) is 1.63. The second-order valence-electron chi connectivity index (χ2n) is 3.08. The summed E-state index contributed by atoms with van der Waals surface area (Å²) in [7, 11) is 0. The van der Waals surface area contributed by atoms with Gasteiger partial charge in [0.05, 0.1) is 0 Å². The normalized spacial score (nSPS) is 20.6. The highest BCUT2D eigenvalue weighted by atomic mass is 32.1. The molecule has 1 aliphatic rings. The van der Waals surface area contributed by atoms with Gasteiger partial charge in [0.25, 0.3) is 0 Å². The molecule has 14 heavy (non-hydrogen) atoms. The molecule has 0 aromatic rings. The Kier molecular flexibility index (Phi) is 8.86. The number of thiocarbonyl (C=S) groups is 1. The van der Waals surface area contributed by atoms with Gasteiger partial charge < -0.3 is 16.4 Å². The summed E-state index contributed by atoms with van der Waals surface area (Å²) < 4.78 is 0. The minimum atomic E-state index is 0.279. The summed E-state index contributed by atoms with van der Waals surface area (Å²) >= 11 is 4.47. The Bertz CT molecular complexity index is 147. The van der Waals surface area contributed by atoms with E-state index >= 15 is 0 Å². The Balaban J connectivity index is 0.000000241. The molecule has 0 bridgehead atoms. The van der Waals surface area contributed by atoms with Crippen LogP contribution in [0.4, 0.5) is 0 Å². The zero-order valence-corrected chi connectivity index (χ0v) is 9.71. The van der Waals surface area contributed by atoms with Crippen molar-refractivity contribution in [3.8, 4) is 0 Å². The van der Waals surface area contributed by atoms with Crippen LogP contribution < -0.4 is 27.2 Å². The topological polar surface area (TPSA) is 74.1 Å². The van der Waals surface area contributed by atoms with E-state index in [0.29, 0.717) is 6.04 Å². The van der Waals surface area contributed by atoms with Crippen molar-refractivity contribution >= 4 is 17.3 Å². The first-order chi connectivity index (χ1) is 6.66. The van der Waals surface area contributed by atoms with E-state index in [1.807, 2.05) is 6.92 Å². The first-order valence-corrected chi connectivity index (χ1v) is 5.30. The fourth-order valence-corrected chi connectivity index (χ4v) is 1.05. The lowest BCUT2D eigenvalue weighted by atomic mass is 10.3. The minimum Gasteiger partial charge on any atom is -0.375 e. The molecule has 0 aromatic carbocycles. The van der Waals surface area contributed by atoms with Crippen molar-refractivity contribution in [1.82, 2.24) is 21.5 Å². The van der Waals surface area contributed by atoms with E-state index in [1.165, 1.54) is 0 Å². The summed E-state index contributed by atoms with van der Waals surface area (Å²) in [5, 5.41) is 6.87. The van der Waals surface area contributed by atoms with E-state index in [4.69, 9.17) is 5.73 Å². The number of nitrogens with two attached hydrogens (primary N) is 1. The van der Waals surface area contributed by atoms with Gasteiger partial charge in [-0.2, -0.15) is 0 Å². The molecule has 6 N–H and O–H groups in total. The van der Waals surface area contributed by atoms with Gasteiger partial charge in [0, 0.05) is 32.2 Å². The van der Waals surface area contributed by atoms with Gasteiger partial charge in [-0.1, -0.05) is 6.92 Å². The minimum absolute atomic E-state index is 0.279. The monoisotopic (exact) mass is 219 g/mol. The van der Waals surface area contributed by atoms with Crippen LogP contribution in [0.15, 0.2) is 0 Å². The van der Waals surface area contributed by atoms with Gasteiger partial charge >= 0.3 is 0 Å². The highest BCUT2D eigenvalue weighted by Gasteiger charge is 2.03. The van der Waals surface area contributed by atoms with Crippen LogP contribution in [0.3, 0.4) is 0 Å². The molecule has 0 aliphatic carbocycles. The molecule has 1 atom stereocenters. The van der Waals surface area contributed by atoms with Gasteiger partial charge in [-0.25, -0.2) is 5.43 Å². The second-order valence-corrected chi connectivity index (χ2v) is 3.52. The molecule has 6 heteroatoms. The lowest BCUT2D eigenvalue weighted by Gasteiger charge is -2.19. The molecule has 1 fully saturated rings. The van der Waals surface area contributed by atoms with E-state index in [-0.39, 0.29) is 5.11 Å².